The van der Waals surface area contributed by atoms with E-state index in [4.69, 9.17) is 10.0 Å². The predicted octanol–water partition coefficient (Wildman–Crippen LogP) is 1.49. The first-order chi connectivity index (χ1) is 6.59. The van der Waals surface area contributed by atoms with Crippen LogP contribution in [0.5, 0.6) is 0 Å². The van der Waals surface area contributed by atoms with Gasteiger partial charge in [-0.3, -0.25) is 0 Å². The fraction of sp³-hybridized carbons (Fsp3) is 0.111. The maximum Gasteiger partial charge on any atom is 0.499 e. The zero-order valence-electron chi connectivity index (χ0n) is 7.49. The summed E-state index contributed by atoms with van der Waals surface area (Å²) in [7, 11) is -1.36. The van der Waals surface area contributed by atoms with Gasteiger partial charge in [0.25, 0.3) is 0 Å². The van der Waals surface area contributed by atoms with E-state index in [0.717, 1.165) is 13.7 Å². The summed E-state index contributed by atoms with van der Waals surface area (Å²) < 4.78 is 2.89. The molecule has 2 rings (SSSR count). The van der Waals surface area contributed by atoms with Crippen LogP contribution in [-0.2, 0) is 0 Å². The maximum atomic E-state index is 9.07. The van der Waals surface area contributed by atoms with Crippen LogP contribution in [0.15, 0.2) is 18.2 Å². The van der Waals surface area contributed by atoms with Crippen molar-refractivity contribution in [3.05, 3.63) is 27.3 Å². The molecule has 2 nitrogen and oxygen atoms in total. The molecule has 0 aliphatic rings. The van der Waals surface area contributed by atoms with Crippen molar-refractivity contribution in [3.8, 4) is 0 Å². The molecule has 14 heavy (non-hydrogen) atoms. The summed E-state index contributed by atoms with van der Waals surface area (Å²) in [6, 6.07) is 5.94. The standard InChI is InChI=1S/C9H8BIO2S/c1-5-2-3-7(11)6-4-8(10(12)13)14-9(5)6/h2-4,12-13H,1H3. The molecular formula is C9H8BIO2S. The Bertz CT molecular complexity index is 442. The molecule has 1 heterocycles. The fourth-order valence-corrected chi connectivity index (χ4v) is 3.19. The first-order valence-electron chi connectivity index (χ1n) is 4.14. The van der Waals surface area contributed by atoms with Crippen LogP contribution >= 0.6 is 33.9 Å². The molecule has 0 saturated heterocycles. The van der Waals surface area contributed by atoms with E-state index in [0.29, 0.717) is 4.78 Å². The van der Waals surface area contributed by atoms with E-state index in [2.05, 4.69) is 22.6 Å². The highest BCUT2D eigenvalue weighted by Gasteiger charge is 2.16. The van der Waals surface area contributed by atoms with E-state index in [1.54, 1.807) is 0 Å². The first kappa shape index (κ1) is 10.4. The maximum absolute atomic E-state index is 9.07. The first-order valence-corrected chi connectivity index (χ1v) is 6.04. The van der Waals surface area contributed by atoms with Crippen LogP contribution in [0, 0.1) is 10.5 Å². The molecule has 0 aliphatic carbocycles. The summed E-state index contributed by atoms with van der Waals surface area (Å²) in [6.07, 6.45) is 0. The van der Waals surface area contributed by atoms with Crippen LogP contribution in [0.2, 0.25) is 0 Å². The second kappa shape index (κ2) is 3.81. The Balaban J connectivity index is 2.75. The Hall–Kier alpha value is -0.105. The van der Waals surface area contributed by atoms with E-state index >= 15 is 0 Å². The minimum atomic E-state index is -1.36. The van der Waals surface area contributed by atoms with Gasteiger partial charge in [-0.05, 0) is 47.2 Å². The van der Waals surface area contributed by atoms with Crippen molar-refractivity contribution in [1.29, 1.82) is 0 Å². The minimum Gasteiger partial charge on any atom is -0.423 e. The van der Waals surface area contributed by atoms with Gasteiger partial charge in [0.1, 0.15) is 0 Å². The Kier molecular flexibility index (Phi) is 2.83. The molecule has 0 atom stereocenters. The fourth-order valence-electron chi connectivity index (χ4n) is 1.37. The monoisotopic (exact) mass is 318 g/mol. The highest BCUT2D eigenvalue weighted by atomic mass is 127. The SMILES string of the molecule is Cc1ccc(I)c2cc(B(O)O)sc12. The lowest BCUT2D eigenvalue weighted by atomic mass is 9.89. The third kappa shape index (κ3) is 1.69. The molecule has 0 radical (unpaired) electrons. The van der Waals surface area contributed by atoms with Crippen LogP contribution in [0.4, 0.5) is 0 Å². The molecular weight excluding hydrogens is 310 g/mol. The van der Waals surface area contributed by atoms with Crippen LogP contribution in [-0.4, -0.2) is 17.2 Å². The van der Waals surface area contributed by atoms with Gasteiger partial charge in [-0.1, -0.05) is 6.07 Å². The number of rotatable bonds is 1. The van der Waals surface area contributed by atoms with E-state index < -0.39 is 7.12 Å². The van der Waals surface area contributed by atoms with Gasteiger partial charge >= 0.3 is 7.12 Å². The Morgan fingerprint density at radius 3 is 2.64 bits per heavy atom. The molecule has 0 saturated carbocycles. The van der Waals surface area contributed by atoms with Crippen molar-refractivity contribution in [2.45, 2.75) is 6.92 Å². The van der Waals surface area contributed by atoms with Crippen LogP contribution < -0.4 is 4.78 Å². The largest absolute Gasteiger partial charge is 0.499 e. The van der Waals surface area contributed by atoms with Gasteiger partial charge in [0.2, 0.25) is 0 Å². The van der Waals surface area contributed by atoms with Crippen LogP contribution in [0.25, 0.3) is 10.1 Å². The van der Waals surface area contributed by atoms with Gasteiger partial charge in [0.05, 0.1) is 0 Å². The smallest absolute Gasteiger partial charge is 0.423 e. The third-order valence-corrected chi connectivity index (χ3v) is 4.35. The summed E-state index contributed by atoms with van der Waals surface area (Å²) in [5, 5.41) is 19.3. The van der Waals surface area contributed by atoms with Crippen molar-refractivity contribution < 1.29 is 10.0 Å². The third-order valence-electron chi connectivity index (χ3n) is 2.10. The van der Waals surface area contributed by atoms with Gasteiger partial charge in [-0.25, -0.2) is 0 Å². The number of thiophene rings is 1. The molecule has 0 spiro atoms. The van der Waals surface area contributed by atoms with Crippen molar-refractivity contribution in [2.75, 3.05) is 0 Å². The Labute approximate surface area is 99.9 Å². The normalized spacial score (nSPS) is 10.9. The summed E-state index contributed by atoms with van der Waals surface area (Å²) in [5.74, 6) is 0. The molecule has 2 aromatic rings. The second-order valence-electron chi connectivity index (χ2n) is 3.13. The molecule has 0 amide bonds. The van der Waals surface area contributed by atoms with Gasteiger partial charge in [-0.15, -0.1) is 11.3 Å². The lowest BCUT2D eigenvalue weighted by Crippen LogP contribution is -2.26. The van der Waals surface area contributed by atoms with Crippen molar-refractivity contribution in [3.63, 3.8) is 0 Å². The number of hydrogen-bond donors (Lipinski definition) is 2. The number of fused-ring (bicyclic) bond motifs is 1. The Morgan fingerprint density at radius 2 is 2.07 bits per heavy atom. The van der Waals surface area contributed by atoms with E-state index in [1.165, 1.54) is 16.9 Å². The van der Waals surface area contributed by atoms with Gasteiger partial charge < -0.3 is 10.0 Å². The average Bonchev–Trinajstić information content (AvgIpc) is 2.57. The molecule has 1 aromatic heterocycles. The molecule has 0 aliphatic heterocycles. The molecule has 0 bridgehead atoms. The summed E-state index contributed by atoms with van der Waals surface area (Å²) in [5.41, 5.74) is 1.18. The summed E-state index contributed by atoms with van der Waals surface area (Å²) >= 11 is 3.70. The summed E-state index contributed by atoms with van der Waals surface area (Å²) in [6.45, 7) is 2.03. The van der Waals surface area contributed by atoms with Crippen LogP contribution in [0.1, 0.15) is 5.56 Å². The highest BCUT2D eigenvalue weighted by molar-refractivity contribution is 14.1. The van der Waals surface area contributed by atoms with E-state index in [9.17, 15) is 0 Å². The molecule has 1 aromatic carbocycles. The molecule has 72 valence electrons. The zero-order valence-corrected chi connectivity index (χ0v) is 10.5. The average molecular weight is 318 g/mol. The number of aryl methyl sites for hydroxylation is 1. The highest BCUT2D eigenvalue weighted by Crippen LogP contribution is 2.27. The van der Waals surface area contributed by atoms with Crippen molar-refractivity contribution in [2.24, 2.45) is 0 Å². The molecule has 2 N–H and O–H groups in total. The van der Waals surface area contributed by atoms with Crippen molar-refractivity contribution in [1.82, 2.24) is 0 Å². The zero-order chi connectivity index (χ0) is 10.3. The number of hydrogen-bond acceptors (Lipinski definition) is 3. The molecule has 0 fully saturated rings. The van der Waals surface area contributed by atoms with E-state index in [1.807, 2.05) is 25.1 Å². The van der Waals surface area contributed by atoms with Crippen LogP contribution in [0.3, 0.4) is 0 Å². The van der Waals surface area contributed by atoms with Gasteiger partial charge in [-0.2, -0.15) is 0 Å². The quantitative estimate of drug-likeness (QED) is 0.618. The van der Waals surface area contributed by atoms with E-state index in [-0.39, 0.29) is 0 Å². The topological polar surface area (TPSA) is 40.5 Å². The molecule has 0 unspecified atom stereocenters. The Morgan fingerprint density at radius 1 is 1.36 bits per heavy atom. The lowest BCUT2D eigenvalue weighted by molar-refractivity contribution is 0.427. The lowest BCUT2D eigenvalue weighted by Gasteiger charge is -1.96. The molecule has 5 heteroatoms. The predicted molar refractivity (Wildman–Crippen MR) is 69.1 cm³/mol. The van der Waals surface area contributed by atoms with Gasteiger partial charge in [0.15, 0.2) is 0 Å². The van der Waals surface area contributed by atoms with Gasteiger partial charge in [0, 0.05) is 18.4 Å². The number of halogens is 1. The van der Waals surface area contributed by atoms with Crippen molar-refractivity contribution >= 4 is 55.9 Å². The summed E-state index contributed by atoms with van der Waals surface area (Å²) in [4.78, 5) is 0. The number of benzene rings is 1. The minimum absolute atomic E-state index is 0.604. The second-order valence-corrected chi connectivity index (χ2v) is 5.38.